The van der Waals surface area contributed by atoms with E-state index in [1.165, 1.54) is 0 Å². The molecule has 0 bridgehead atoms. The van der Waals surface area contributed by atoms with Crippen molar-refractivity contribution < 1.29 is 9.53 Å². The van der Waals surface area contributed by atoms with Gasteiger partial charge in [-0.15, -0.1) is 10.2 Å². The Morgan fingerprint density at radius 1 is 1.11 bits per heavy atom. The molecule has 7 nitrogen and oxygen atoms in total. The predicted octanol–water partition coefficient (Wildman–Crippen LogP) is 3.26. The number of carbonyl (C=O) groups is 1. The summed E-state index contributed by atoms with van der Waals surface area (Å²) in [5.41, 5.74) is 2.29. The first-order valence-electron chi connectivity index (χ1n) is 8.70. The van der Waals surface area contributed by atoms with E-state index in [0.29, 0.717) is 23.6 Å². The summed E-state index contributed by atoms with van der Waals surface area (Å²) in [5, 5.41) is 22.8. The lowest BCUT2D eigenvalue weighted by Gasteiger charge is -2.09. The number of nitriles is 1. The number of carbonyl (C=O) groups excluding carboxylic acids is 1. The Hall–Kier alpha value is -3.92. The molecule has 0 aliphatic heterocycles. The van der Waals surface area contributed by atoms with Crippen molar-refractivity contribution in [3.63, 3.8) is 0 Å². The molecule has 0 aliphatic carbocycles. The fraction of sp³-hybridized carbons (Fsp3) is 0.143. The van der Waals surface area contributed by atoms with Crippen LogP contribution in [0.4, 0.5) is 11.5 Å². The number of nitrogens with zero attached hydrogens (tertiary/aromatic N) is 3. The number of amides is 1. The van der Waals surface area contributed by atoms with E-state index < -0.39 is 0 Å². The van der Waals surface area contributed by atoms with Crippen LogP contribution in [-0.4, -0.2) is 29.8 Å². The van der Waals surface area contributed by atoms with Crippen LogP contribution < -0.4 is 15.4 Å². The van der Waals surface area contributed by atoms with Gasteiger partial charge in [-0.05, 0) is 48.4 Å². The lowest BCUT2D eigenvalue weighted by molar-refractivity contribution is 0.102. The maximum atomic E-state index is 12.3. The minimum Gasteiger partial charge on any atom is -0.496 e. The largest absolute Gasteiger partial charge is 0.496 e. The highest BCUT2D eigenvalue weighted by atomic mass is 16.5. The van der Waals surface area contributed by atoms with Gasteiger partial charge >= 0.3 is 0 Å². The summed E-state index contributed by atoms with van der Waals surface area (Å²) in [7, 11) is 1.65. The van der Waals surface area contributed by atoms with Gasteiger partial charge in [0.25, 0.3) is 5.91 Å². The average Bonchev–Trinajstić information content (AvgIpc) is 2.74. The third-order valence-corrected chi connectivity index (χ3v) is 4.04. The molecular weight excluding hydrogens is 354 g/mol. The van der Waals surface area contributed by atoms with Gasteiger partial charge in [0.05, 0.1) is 18.7 Å². The molecule has 0 radical (unpaired) electrons. The van der Waals surface area contributed by atoms with Crippen LogP contribution in [0.15, 0.2) is 60.7 Å². The molecule has 0 saturated carbocycles. The third kappa shape index (κ3) is 4.83. The molecular formula is C21H19N5O2. The van der Waals surface area contributed by atoms with E-state index >= 15 is 0 Å². The fourth-order valence-electron chi connectivity index (χ4n) is 2.64. The molecule has 3 aromatic rings. The second-order valence-corrected chi connectivity index (χ2v) is 5.94. The van der Waals surface area contributed by atoms with E-state index in [2.05, 4.69) is 20.8 Å². The Labute approximate surface area is 163 Å². The monoisotopic (exact) mass is 373 g/mol. The van der Waals surface area contributed by atoms with E-state index in [9.17, 15) is 4.79 Å². The molecule has 0 unspecified atom stereocenters. The number of methoxy groups -OCH3 is 1. The molecule has 0 atom stereocenters. The van der Waals surface area contributed by atoms with Crippen molar-refractivity contribution in [2.75, 3.05) is 24.3 Å². The molecule has 2 aromatic carbocycles. The van der Waals surface area contributed by atoms with Gasteiger partial charge in [0.15, 0.2) is 5.69 Å². The molecule has 0 spiro atoms. The van der Waals surface area contributed by atoms with Gasteiger partial charge in [-0.1, -0.05) is 24.3 Å². The Balaban J connectivity index is 1.55. The van der Waals surface area contributed by atoms with Crippen molar-refractivity contribution >= 4 is 17.4 Å². The molecule has 7 heteroatoms. The molecule has 140 valence electrons. The Morgan fingerprint density at radius 3 is 2.71 bits per heavy atom. The Kier molecular flexibility index (Phi) is 6.16. The standard InChI is InChI=1S/C21H19N5O2/c1-28-19-8-3-2-6-16(19)11-12-23-20-10-9-18(25-26-20)21(27)24-17-7-4-5-15(13-17)14-22/h2-10,13H,11-12H2,1H3,(H,23,26)(H,24,27). The molecule has 2 N–H and O–H groups in total. The van der Waals surface area contributed by atoms with Gasteiger partial charge in [-0.3, -0.25) is 4.79 Å². The quantitative estimate of drug-likeness (QED) is 0.659. The van der Waals surface area contributed by atoms with Gasteiger partial charge in [-0.25, -0.2) is 0 Å². The highest BCUT2D eigenvalue weighted by molar-refractivity contribution is 6.02. The van der Waals surface area contributed by atoms with Gasteiger partial charge in [0.2, 0.25) is 0 Å². The molecule has 3 rings (SSSR count). The summed E-state index contributed by atoms with van der Waals surface area (Å²) < 4.78 is 5.34. The predicted molar refractivity (Wildman–Crippen MR) is 106 cm³/mol. The van der Waals surface area contributed by atoms with Crippen LogP contribution in [0.5, 0.6) is 5.75 Å². The Bertz CT molecular complexity index is 996. The molecule has 1 amide bonds. The van der Waals surface area contributed by atoms with Crippen molar-refractivity contribution in [3.05, 3.63) is 77.5 Å². The summed E-state index contributed by atoms with van der Waals surface area (Å²) in [5.74, 6) is 1.05. The zero-order chi connectivity index (χ0) is 19.8. The first-order valence-corrected chi connectivity index (χ1v) is 8.70. The maximum absolute atomic E-state index is 12.3. The van der Waals surface area contributed by atoms with Crippen LogP contribution >= 0.6 is 0 Å². The summed E-state index contributed by atoms with van der Waals surface area (Å²) in [6.45, 7) is 0.654. The van der Waals surface area contributed by atoms with Crippen LogP contribution in [0.2, 0.25) is 0 Å². The number of ether oxygens (including phenoxy) is 1. The van der Waals surface area contributed by atoms with E-state index in [-0.39, 0.29) is 11.6 Å². The maximum Gasteiger partial charge on any atom is 0.276 e. The van der Waals surface area contributed by atoms with Crippen molar-refractivity contribution in [1.82, 2.24) is 10.2 Å². The zero-order valence-electron chi connectivity index (χ0n) is 15.3. The number of benzene rings is 2. The van der Waals surface area contributed by atoms with Crippen molar-refractivity contribution in [2.45, 2.75) is 6.42 Å². The van der Waals surface area contributed by atoms with Gasteiger partial charge in [0, 0.05) is 12.2 Å². The highest BCUT2D eigenvalue weighted by Gasteiger charge is 2.09. The molecule has 0 fully saturated rings. The van der Waals surface area contributed by atoms with Gasteiger partial charge in [0.1, 0.15) is 11.6 Å². The Morgan fingerprint density at radius 2 is 1.96 bits per heavy atom. The van der Waals surface area contributed by atoms with Crippen LogP contribution in [0, 0.1) is 11.3 Å². The zero-order valence-corrected chi connectivity index (χ0v) is 15.3. The second-order valence-electron chi connectivity index (χ2n) is 5.94. The van der Waals surface area contributed by atoms with Crippen molar-refractivity contribution in [3.8, 4) is 11.8 Å². The lowest BCUT2D eigenvalue weighted by atomic mass is 10.1. The van der Waals surface area contributed by atoms with Gasteiger partial charge < -0.3 is 15.4 Å². The second kappa shape index (κ2) is 9.14. The number of hydrogen-bond acceptors (Lipinski definition) is 6. The number of aromatic nitrogens is 2. The SMILES string of the molecule is COc1ccccc1CCNc1ccc(C(=O)Nc2cccc(C#N)c2)nn1. The van der Waals surface area contributed by atoms with E-state index in [1.807, 2.05) is 30.3 Å². The number of hydrogen-bond donors (Lipinski definition) is 2. The molecule has 1 heterocycles. The van der Waals surface area contributed by atoms with Crippen LogP contribution in [0.1, 0.15) is 21.6 Å². The van der Waals surface area contributed by atoms with E-state index in [0.717, 1.165) is 17.7 Å². The summed E-state index contributed by atoms with van der Waals surface area (Å²) in [4.78, 5) is 12.3. The van der Waals surface area contributed by atoms with Crippen LogP contribution in [-0.2, 0) is 6.42 Å². The number of para-hydroxylation sites is 1. The molecule has 0 aliphatic rings. The normalized spacial score (nSPS) is 10.0. The minimum atomic E-state index is -0.386. The average molecular weight is 373 g/mol. The fourth-order valence-corrected chi connectivity index (χ4v) is 2.64. The molecule has 28 heavy (non-hydrogen) atoms. The van der Waals surface area contributed by atoms with Crippen molar-refractivity contribution in [2.24, 2.45) is 0 Å². The number of nitrogens with one attached hydrogen (secondary N) is 2. The number of anilines is 2. The van der Waals surface area contributed by atoms with Crippen LogP contribution in [0.3, 0.4) is 0 Å². The smallest absolute Gasteiger partial charge is 0.276 e. The first-order chi connectivity index (χ1) is 13.7. The van der Waals surface area contributed by atoms with E-state index in [4.69, 9.17) is 10.00 Å². The lowest BCUT2D eigenvalue weighted by Crippen LogP contribution is -2.15. The van der Waals surface area contributed by atoms with Gasteiger partial charge in [-0.2, -0.15) is 5.26 Å². The summed E-state index contributed by atoms with van der Waals surface area (Å²) >= 11 is 0. The number of rotatable bonds is 7. The molecule has 1 aromatic heterocycles. The first kappa shape index (κ1) is 18.9. The topological polar surface area (TPSA) is 99.9 Å². The van der Waals surface area contributed by atoms with E-state index in [1.54, 1.807) is 43.5 Å². The minimum absolute atomic E-state index is 0.192. The van der Waals surface area contributed by atoms with Crippen molar-refractivity contribution in [1.29, 1.82) is 5.26 Å². The molecule has 0 saturated heterocycles. The highest BCUT2D eigenvalue weighted by Crippen LogP contribution is 2.17. The van der Waals surface area contributed by atoms with Crippen LogP contribution in [0.25, 0.3) is 0 Å². The summed E-state index contributed by atoms with van der Waals surface area (Å²) in [6.07, 6.45) is 0.767. The summed E-state index contributed by atoms with van der Waals surface area (Å²) in [6, 6.07) is 19.9. The third-order valence-electron chi connectivity index (χ3n) is 4.04.